The molecule has 0 aromatic rings. The molecule has 96 heavy (non-hydrogen) atoms. The number of carbonyl (C=O) groups is 2. The minimum Gasteiger partial charge on any atom is -0.756 e. The Hall–Kier alpha value is -3.07. The van der Waals surface area contributed by atoms with E-state index in [1.165, 1.54) is 263 Å². The monoisotopic (exact) mass is 1360 g/mol. The summed E-state index contributed by atoms with van der Waals surface area (Å²) >= 11 is 0. The number of hydrogen-bond donors (Lipinski definition) is 0. The predicted octanol–water partition coefficient (Wildman–Crippen LogP) is 26.8. The Balaban J connectivity index is 3.94. The van der Waals surface area contributed by atoms with Gasteiger partial charge in [-0.15, -0.1) is 0 Å². The Morgan fingerprint density at radius 1 is 0.333 bits per heavy atom. The number of nitrogens with zero attached hydrogens (tertiary/aromatic N) is 1. The highest BCUT2D eigenvalue weighted by Crippen LogP contribution is 2.38. The summed E-state index contributed by atoms with van der Waals surface area (Å²) in [6.45, 7) is 4.17. The molecule has 2 unspecified atom stereocenters. The van der Waals surface area contributed by atoms with E-state index in [2.05, 4.69) is 111 Å². The molecule has 0 aliphatic rings. The van der Waals surface area contributed by atoms with Crippen LogP contribution >= 0.6 is 7.82 Å². The zero-order chi connectivity index (χ0) is 69.7. The van der Waals surface area contributed by atoms with E-state index in [0.29, 0.717) is 17.4 Å². The minimum absolute atomic E-state index is 0.0331. The molecule has 0 aliphatic carbocycles. The summed E-state index contributed by atoms with van der Waals surface area (Å²) in [6, 6.07) is 0. The molecule has 0 radical (unpaired) electrons. The topological polar surface area (TPSA) is 111 Å². The number of quaternary nitrogens is 1. The quantitative estimate of drug-likeness (QED) is 0.0195. The zero-order valence-corrected chi connectivity index (χ0v) is 64.7. The third kappa shape index (κ3) is 79.9. The van der Waals surface area contributed by atoms with Crippen LogP contribution in [0.3, 0.4) is 0 Å². The number of carbonyl (C=O) groups excluding carboxylic acids is 2. The molecule has 9 nitrogen and oxygen atoms in total. The fourth-order valence-corrected chi connectivity index (χ4v) is 12.6. The molecule has 0 amide bonds. The van der Waals surface area contributed by atoms with E-state index in [0.717, 1.165) is 89.9 Å². The van der Waals surface area contributed by atoms with Crippen LogP contribution in [0.25, 0.3) is 0 Å². The molecule has 0 bridgehead atoms. The maximum absolute atomic E-state index is 12.9. The Labute approximate surface area is 595 Å². The van der Waals surface area contributed by atoms with E-state index >= 15 is 0 Å². The van der Waals surface area contributed by atoms with Crippen LogP contribution in [0, 0.1) is 0 Å². The summed E-state index contributed by atoms with van der Waals surface area (Å²) < 4.78 is 34.4. The van der Waals surface area contributed by atoms with Gasteiger partial charge < -0.3 is 27.9 Å². The molecule has 0 aliphatic heterocycles. The Bertz CT molecular complexity index is 1940. The van der Waals surface area contributed by atoms with E-state index in [1.54, 1.807) is 0 Å². The van der Waals surface area contributed by atoms with Gasteiger partial charge >= 0.3 is 11.9 Å². The number of allylic oxidation sites excluding steroid dienone is 16. The number of ether oxygens (including phenoxy) is 2. The van der Waals surface area contributed by atoms with Gasteiger partial charge in [0.15, 0.2) is 6.10 Å². The largest absolute Gasteiger partial charge is 0.756 e. The van der Waals surface area contributed by atoms with Crippen molar-refractivity contribution in [2.24, 2.45) is 0 Å². The maximum Gasteiger partial charge on any atom is 0.306 e. The van der Waals surface area contributed by atoms with Crippen LogP contribution in [0.1, 0.15) is 386 Å². The van der Waals surface area contributed by atoms with Crippen LogP contribution in [0.15, 0.2) is 97.2 Å². The first-order valence-corrected chi connectivity index (χ1v) is 42.4. The highest BCUT2D eigenvalue weighted by Gasteiger charge is 2.22. The summed E-state index contributed by atoms with van der Waals surface area (Å²) in [5.74, 6) is -0.824. The van der Waals surface area contributed by atoms with Crippen LogP contribution in [-0.2, 0) is 32.7 Å². The molecule has 0 aromatic carbocycles. The van der Waals surface area contributed by atoms with Crippen molar-refractivity contribution in [3.05, 3.63) is 97.2 Å². The number of unbranched alkanes of at least 4 members (excludes halogenated alkanes) is 46. The van der Waals surface area contributed by atoms with E-state index in [1.807, 2.05) is 21.1 Å². The molecule has 0 spiro atoms. The summed E-state index contributed by atoms with van der Waals surface area (Å²) in [5.41, 5.74) is 0. The third-order valence-electron chi connectivity index (χ3n) is 18.1. The lowest BCUT2D eigenvalue weighted by atomic mass is 10.0. The molecule has 0 heterocycles. The standard InChI is InChI=1S/C86H156NO8P/c1-6-8-10-12-14-16-18-20-22-24-26-28-30-32-34-36-38-40-41-42-43-44-45-47-48-50-52-54-56-58-60-62-64-66-68-70-72-74-76-78-85(88)92-82-84(83-94-96(90,91)93-81-80-87(3,4)5)95-86(89)79-77-75-73-71-69-67-65-63-61-59-57-55-53-51-49-46-39-37-35-33-31-29-27-25-23-21-19-17-15-13-11-9-7-2/h9,11,15,17,21,23-24,26-27,29,33,35,39,46,51,53,84H,6-8,10,12-14,16,18-20,22,25,28,30-32,34,36-38,40-45,47-50,52,54-83H2,1-5H3/b11-9-,17-15-,23-21-,26-24-,29-27-,35-33-,46-39-,53-51-. The van der Waals surface area contributed by atoms with E-state index in [9.17, 15) is 19.0 Å². The van der Waals surface area contributed by atoms with Gasteiger partial charge in [0.2, 0.25) is 0 Å². The van der Waals surface area contributed by atoms with Crippen LogP contribution in [0.5, 0.6) is 0 Å². The molecule has 0 fully saturated rings. The first-order chi connectivity index (χ1) is 47.0. The second-order valence-corrected chi connectivity index (χ2v) is 30.2. The smallest absolute Gasteiger partial charge is 0.306 e. The third-order valence-corrected chi connectivity index (χ3v) is 19.1. The second kappa shape index (κ2) is 76.1. The molecule has 558 valence electrons. The number of phosphoric acid groups is 1. The molecule has 10 heteroatoms. The molecule has 0 saturated carbocycles. The van der Waals surface area contributed by atoms with Gasteiger partial charge in [-0.1, -0.05) is 374 Å². The van der Waals surface area contributed by atoms with Gasteiger partial charge in [0, 0.05) is 12.8 Å². The fraction of sp³-hybridized carbons (Fsp3) is 0.791. The van der Waals surface area contributed by atoms with E-state index in [-0.39, 0.29) is 32.0 Å². The Morgan fingerprint density at radius 3 is 0.896 bits per heavy atom. The lowest BCUT2D eigenvalue weighted by Crippen LogP contribution is -2.37. The molecule has 0 N–H and O–H groups in total. The van der Waals surface area contributed by atoms with Gasteiger partial charge in [-0.3, -0.25) is 14.2 Å². The lowest BCUT2D eigenvalue weighted by Gasteiger charge is -2.28. The summed E-state index contributed by atoms with van der Waals surface area (Å²) in [4.78, 5) is 38.2. The lowest BCUT2D eigenvalue weighted by molar-refractivity contribution is -0.870. The van der Waals surface area contributed by atoms with Crippen molar-refractivity contribution in [1.29, 1.82) is 0 Å². The van der Waals surface area contributed by atoms with Crippen molar-refractivity contribution in [3.63, 3.8) is 0 Å². The van der Waals surface area contributed by atoms with Gasteiger partial charge in [-0.25, -0.2) is 0 Å². The normalized spacial score (nSPS) is 13.5. The van der Waals surface area contributed by atoms with E-state index < -0.39 is 26.5 Å². The highest BCUT2D eigenvalue weighted by atomic mass is 31.2. The van der Waals surface area contributed by atoms with Crippen molar-refractivity contribution in [2.45, 2.75) is 392 Å². The average molecular weight is 1360 g/mol. The van der Waals surface area contributed by atoms with Crippen molar-refractivity contribution < 1.29 is 42.1 Å². The van der Waals surface area contributed by atoms with Gasteiger partial charge in [-0.2, -0.15) is 0 Å². The van der Waals surface area contributed by atoms with Crippen LogP contribution < -0.4 is 4.89 Å². The molecule has 2 atom stereocenters. The fourth-order valence-electron chi connectivity index (χ4n) is 11.9. The SMILES string of the molecule is CC/C=C\C/C=C\C/C=C\C/C=C\C/C=C\C/C=C\C/C=C\CCCCCCCCCCCCCC(=O)OC(COC(=O)CCCCCCCCCCCCCCCCCCCCCCCCCCCCC/C=C\CCCCCCCCCC)COP(=O)([O-])OCC[N+](C)(C)C. The Morgan fingerprint density at radius 2 is 0.594 bits per heavy atom. The number of phosphoric ester groups is 1. The minimum atomic E-state index is -4.65. The number of likely N-dealkylation sites (N-methyl/N-ethyl adjacent to an activating group) is 1. The van der Waals surface area contributed by atoms with Crippen molar-refractivity contribution in [1.82, 2.24) is 0 Å². The van der Waals surface area contributed by atoms with Crippen LogP contribution in [0.2, 0.25) is 0 Å². The van der Waals surface area contributed by atoms with Crippen molar-refractivity contribution in [3.8, 4) is 0 Å². The number of hydrogen-bond acceptors (Lipinski definition) is 8. The maximum atomic E-state index is 12.9. The second-order valence-electron chi connectivity index (χ2n) is 28.8. The molecular formula is C86H156NO8P. The van der Waals surface area contributed by atoms with Crippen molar-refractivity contribution in [2.75, 3.05) is 47.5 Å². The van der Waals surface area contributed by atoms with E-state index in [4.69, 9.17) is 18.5 Å². The average Bonchev–Trinajstić information content (AvgIpc) is 1.48. The van der Waals surface area contributed by atoms with Crippen LogP contribution in [0.4, 0.5) is 0 Å². The molecular weight excluding hydrogens is 1210 g/mol. The molecule has 0 rings (SSSR count). The summed E-state index contributed by atoms with van der Waals surface area (Å²) in [6.07, 6.45) is 107. The first-order valence-electron chi connectivity index (χ1n) is 40.9. The number of rotatable bonds is 76. The van der Waals surface area contributed by atoms with Gasteiger partial charge in [-0.05, 0) is 96.3 Å². The van der Waals surface area contributed by atoms with Gasteiger partial charge in [0.1, 0.15) is 19.8 Å². The molecule has 0 saturated heterocycles. The molecule has 0 aromatic heterocycles. The van der Waals surface area contributed by atoms with Crippen LogP contribution in [-0.4, -0.2) is 70.0 Å². The zero-order valence-electron chi connectivity index (χ0n) is 63.8. The Kier molecular flexibility index (Phi) is 73.7. The number of esters is 2. The van der Waals surface area contributed by atoms with Gasteiger partial charge in [0.25, 0.3) is 7.82 Å². The first kappa shape index (κ1) is 92.9. The summed E-state index contributed by atoms with van der Waals surface area (Å²) in [5, 5.41) is 0. The summed E-state index contributed by atoms with van der Waals surface area (Å²) in [7, 11) is 1.17. The highest BCUT2D eigenvalue weighted by molar-refractivity contribution is 7.45. The van der Waals surface area contributed by atoms with Gasteiger partial charge in [0.05, 0.1) is 27.7 Å². The van der Waals surface area contributed by atoms with Crippen molar-refractivity contribution >= 4 is 19.8 Å². The predicted molar refractivity (Wildman–Crippen MR) is 416 cm³/mol.